The van der Waals surface area contributed by atoms with Gasteiger partial charge in [-0.3, -0.25) is 14.4 Å². The molecule has 8 heteroatoms. The van der Waals surface area contributed by atoms with Gasteiger partial charge in [-0.25, -0.2) is 0 Å². The first-order valence-corrected chi connectivity index (χ1v) is 10.0. The minimum absolute atomic E-state index is 0.0400. The number of ether oxygens (including phenoxy) is 3. The Morgan fingerprint density at radius 1 is 1.06 bits per heavy atom. The lowest BCUT2D eigenvalue weighted by Crippen LogP contribution is -2.47. The summed E-state index contributed by atoms with van der Waals surface area (Å²) in [6.07, 6.45) is 3.63. The molecule has 1 atom stereocenters. The number of likely N-dealkylation sites (tertiary alicyclic amines) is 1. The third-order valence-corrected chi connectivity index (χ3v) is 5.23. The maximum Gasteiger partial charge on any atom is 0.255 e. The van der Waals surface area contributed by atoms with Crippen molar-refractivity contribution in [1.82, 2.24) is 4.90 Å². The highest BCUT2D eigenvalue weighted by atomic mass is 16.7. The van der Waals surface area contributed by atoms with Gasteiger partial charge in [-0.15, -0.1) is 0 Å². The zero-order chi connectivity index (χ0) is 22.2. The minimum atomic E-state index is -0.287. The number of rotatable bonds is 9. The molecule has 8 nitrogen and oxygen atoms in total. The van der Waals surface area contributed by atoms with Crippen LogP contribution in [0.15, 0.2) is 36.4 Å². The summed E-state index contributed by atoms with van der Waals surface area (Å²) in [6, 6.07) is 9.21. The predicted molar refractivity (Wildman–Crippen MR) is 112 cm³/mol. The maximum atomic E-state index is 13.3. The Morgan fingerprint density at radius 3 is 2.48 bits per heavy atom. The van der Waals surface area contributed by atoms with Crippen molar-refractivity contribution in [3.63, 3.8) is 0 Å². The number of piperidine rings is 1. The van der Waals surface area contributed by atoms with Crippen molar-refractivity contribution < 1.29 is 33.7 Å². The van der Waals surface area contributed by atoms with Crippen LogP contribution in [0.2, 0.25) is 0 Å². The van der Waals surface area contributed by atoms with Gasteiger partial charge in [0.15, 0.2) is 19.4 Å². The van der Waals surface area contributed by atoms with Gasteiger partial charge in [0.05, 0.1) is 22.7 Å². The molecular formula is C23H25NO7. The minimum Gasteiger partial charge on any atom is -0.507 e. The number of methoxy groups -OCH3 is 1. The zero-order valence-corrected chi connectivity index (χ0v) is 17.3. The monoisotopic (exact) mass is 427 g/mol. The number of benzene rings is 2. The number of carbonyl (C=O) groups excluding carboxylic acids is 3. The molecule has 0 aliphatic carbocycles. The van der Waals surface area contributed by atoms with E-state index in [1.807, 2.05) is 0 Å². The fourth-order valence-electron chi connectivity index (χ4n) is 3.66. The van der Waals surface area contributed by atoms with Gasteiger partial charge in [-0.1, -0.05) is 12.1 Å². The number of carbonyl (C=O) groups is 3. The van der Waals surface area contributed by atoms with Crippen molar-refractivity contribution in [2.24, 2.45) is 0 Å². The average Bonchev–Trinajstić information content (AvgIpc) is 2.80. The van der Waals surface area contributed by atoms with Crippen LogP contribution in [0.25, 0.3) is 0 Å². The average molecular weight is 427 g/mol. The van der Waals surface area contributed by atoms with E-state index >= 15 is 0 Å². The Morgan fingerprint density at radius 2 is 1.77 bits per heavy atom. The summed E-state index contributed by atoms with van der Waals surface area (Å²) >= 11 is 0. The summed E-state index contributed by atoms with van der Waals surface area (Å²) in [5, 5.41) is 9.83. The molecule has 3 rings (SSSR count). The van der Waals surface area contributed by atoms with Gasteiger partial charge >= 0.3 is 0 Å². The fraction of sp³-hybridized carbons (Fsp3) is 0.348. The largest absolute Gasteiger partial charge is 0.507 e. The van der Waals surface area contributed by atoms with E-state index < -0.39 is 0 Å². The third-order valence-electron chi connectivity index (χ3n) is 5.23. The molecule has 0 bridgehead atoms. The van der Waals surface area contributed by atoms with Crippen LogP contribution in [-0.2, 0) is 4.74 Å². The molecule has 0 radical (unpaired) electrons. The summed E-state index contributed by atoms with van der Waals surface area (Å²) in [6.45, 7) is 0.642. The van der Waals surface area contributed by atoms with Crippen LogP contribution >= 0.6 is 0 Å². The van der Waals surface area contributed by atoms with E-state index in [0.717, 1.165) is 19.3 Å². The van der Waals surface area contributed by atoms with E-state index in [2.05, 4.69) is 0 Å². The van der Waals surface area contributed by atoms with Gasteiger partial charge in [0, 0.05) is 13.7 Å². The van der Waals surface area contributed by atoms with Crippen LogP contribution < -0.4 is 9.47 Å². The Kier molecular flexibility index (Phi) is 7.61. The Hall–Kier alpha value is -3.39. The molecule has 1 N–H and O–H groups in total. The van der Waals surface area contributed by atoms with Crippen molar-refractivity contribution in [3.05, 3.63) is 53.1 Å². The lowest BCUT2D eigenvalue weighted by atomic mass is 9.99. The topological polar surface area (TPSA) is 102 Å². The van der Waals surface area contributed by atoms with Gasteiger partial charge in [-0.2, -0.15) is 0 Å². The molecule has 2 aromatic carbocycles. The molecule has 0 saturated carbocycles. The summed E-state index contributed by atoms with van der Waals surface area (Å²) in [5.41, 5.74) is 0.495. The standard InChI is InChI=1S/C23H25NO7/c1-29-15-31-21-9-4-7-17(18(21)12-25)23(28)24-11-3-2-6-16(24)14-30-22-10-5-8-20(27)19(22)13-26/h4-5,7-10,12-13,16,27H,2-3,6,11,14-15H2,1H3/t16-/m0/s1. The van der Waals surface area contributed by atoms with Crippen molar-refractivity contribution >= 4 is 18.5 Å². The molecule has 1 aliphatic heterocycles. The summed E-state index contributed by atoms with van der Waals surface area (Å²) in [7, 11) is 1.47. The van der Waals surface area contributed by atoms with Gasteiger partial charge < -0.3 is 24.2 Å². The second kappa shape index (κ2) is 10.6. The highest BCUT2D eigenvalue weighted by molar-refractivity contribution is 6.03. The van der Waals surface area contributed by atoms with Crippen LogP contribution in [-0.4, -0.2) is 61.6 Å². The Bertz CT molecular complexity index is 944. The molecule has 164 valence electrons. The number of phenolic OH excluding ortho intramolecular Hbond substituents is 1. The predicted octanol–water partition coefficient (Wildman–Crippen LogP) is 3.07. The first kappa shape index (κ1) is 22.3. The molecule has 0 aromatic heterocycles. The van der Waals surface area contributed by atoms with Crippen molar-refractivity contribution in [2.75, 3.05) is 27.1 Å². The van der Waals surface area contributed by atoms with Crippen LogP contribution in [0, 0.1) is 0 Å². The second-order valence-electron chi connectivity index (χ2n) is 7.15. The number of aromatic hydroxyl groups is 1. The van der Waals surface area contributed by atoms with Gasteiger partial charge in [0.1, 0.15) is 23.9 Å². The highest BCUT2D eigenvalue weighted by Crippen LogP contribution is 2.28. The SMILES string of the molecule is COCOc1cccc(C(=O)N2CCCC[C@H]2COc2cccc(O)c2C=O)c1C=O. The summed E-state index contributed by atoms with van der Waals surface area (Å²) in [4.78, 5) is 38.0. The van der Waals surface area contributed by atoms with E-state index in [-0.39, 0.29) is 59.3 Å². The highest BCUT2D eigenvalue weighted by Gasteiger charge is 2.30. The van der Waals surface area contributed by atoms with E-state index in [0.29, 0.717) is 19.1 Å². The normalized spacial score (nSPS) is 15.9. The smallest absolute Gasteiger partial charge is 0.255 e. The zero-order valence-electron chi connectivity index (χ0n) is 17.3. The van der Waals surface area contributed by atoms with Crippen LogP contribution in [0.1, 0.15) is 50.3 Å². The van der Waals surface area contributed by atoms with Crippen LogP contribution in [0.3, 0.4) is 0 Å². The molecule has 1 amide bonds. The summed E-state index contributed by atoms with van der Waals surface area (Å²) in [5.74, 6) is 0.0942. The first-order valence-electron chi connectivity index (χ1n) is 10.0. The Labute approximate surface area is 180 Å². The van der Waals surface area contributed by atoms with Gasteiger partial charge in [-0.05, 0) is 43.5 Å². The number of aldehydes is 2. The molecule has 31 heavy (non-hydrogen) atoms. The summed E-state index contributed by atoms with van der Waals surface area (Å²) < 4.78 is 16.1. The van der Waals surface area contributed by atoms with E-state index in [4.69, 9.17) is 14.2 Å². The Balaban J connectivity index is 1.81. The number of hydrogen-bond donors (Lipinski definition) is 1. The van der Waals surface area contributed by atoms with Gasteiger partial charge in [0.25, 0.3) is 5.91 Å². The second-order valence-corrected chi connectivity index (χ2v) is 7.15. The van der Waals surface area contributed by atoms with Crippen LogP contribution in [0.5, 0.6) is 17.2 Å². The molecule has 0 spiro atoms. The molecule has 1 aliphatic rings. The van der Waals surface area contributed by atoms with E-state index in [9.17, 15) is 19.5 Å². The number of hydrogen-bond acceptors (Lipinski definition) is 7. The number of amides is 1. The molecule has 1 saturated heterocycles. The number of phenols is 1. The first-order chi connectivity index (χ1) is 15.1. The number of nitrogens with zero attached hydrogens (tertiary/aromatic N) is 1. The van der Waals surface area contributed by atoms with E-state index in [1.165, 1.54) is 13.2 Å². The van der Waals surface area contributed by atoms with Crippen molar-refractivity contribution in [2.45, 2.75) is 25.3 Å². The lowest BCUT2D eigenvalue weighted by molar-refractivity contribution is 0.0486. The fourth-order valence-corrected chi connectivity index (χ4v) is 3.66. The molecular weight excluding hydrogens is 402 g/mol. The van der Waals surface area contributed by atoms with Crippen molar-refractivity contribution in [1.29, 1.82) is 0 Å². The lowest BCUT2D eigenvalue weighted by Gasteiger charge is -2.36. The van der Waals surface area contributed by atoms with Crippen molar-refractivity contribution in [3.8, 4) is 17.2 Å². The molecule has 1 heterocycles. The third kappa shape index (κ3) is 5.03. The molecule has 0 unspecified atom stereocenters. The van der Waals surface area contributed by atoms with E-state index in [1.54, 1.807) is 35.2 Å². The maximum absolute atomic E-state index is 13.3. The van der Waals surface area contributed by atoms with Crippen LogP contribution in [0.4, 0.5) is 0 Å². The molecule has 1 fully saturated rings. The quantitative estimate of drug-likeness (QED) is 0.485. The molecule has 2 aromatic rings. The van der Waals surface area contributed by atoms with Gasteiger partial charge in [0.2, 0.25) is 0 Å².